The van der Waals surface area contributed by atoms with Crippen LogP contribution in [0.1, 0.15) is 39.0 Å². The standard InChI is InChI=1S/C14H26O5/c1-2-3-4-5-6-7-8-18-14-12(9-15)19-10-11(16)13(14)17/h7-8,11-17H,2-6,9-10H2,1H3/b8-7+/t11-,12+,13+,14+/m1/s1. The Hall–Kier alpha value is -0.620. The van der Waals surface area contributed by atoms with E-state index in [-0.39, 0.29) is 13.2 Å². The molecule has 1 rings (SSSR count). The smallest absolute Gasteiger partial charge is 0.154 e. The molecule has 0 radical (unpaired) electrons. The Labute approximate surface area is 114 Å². The molecule has 3 N–H and O–H groups in total. The number of allylic oxidation sites excluding steroid dienone is 1. The van der Waals surface area contributed by atoms with Gasteiger partial charge >= 0.3 is 0 Å². The lowest BCUT2D eigenvalue weighted by atomic mass is 10.0. The third kappa shape index (κ3) is 5.48. The molecule has 1 aliphatic rings. The van der Waals surface area contributed by atoms with Crippen molar-refractivity contribution < 1.29 is 24.8 Å². The second kappa shape index (κ2) is 9.31. The van der Waals surface area contributed by atoms with Gasteiger partial charge in [0.15, 0.2) is 6.10 Å². The van der Waals surface area contributed by atoms with Crippen LogP contribution in [-0.2, 0) is 9.47 Å². The summed E-state index contributed by atoms with van der Waals surface area (Å²) in [5.41, 5.74) is 0. The van der Waals surface area contributed by atoms with E-state index in [4.69, 9.17) is 14.6 Å². The second-order valence-electron chi connectivity index (χ2n) is 4.93. The lowest BCUT2D eigenvalue weighted by molar-refractivity contribution is -0.197. The average molecular weight is 274 g/mol. The minimum absolute atomic E-state index is 0.0208. The maximum Gasteiger partial charge on any atom is 0.154 e. The van der Waals surface area contributed by atoms with Crippen LogP contribution in [0.3, 0.4) is 0 Å². The van der Waals surface area contributed by atoms with E-state index in [1.807, 2.05) is 6.08 Å². The van der Waals surface area contributed by atoms with E-state index >= 15 is 0 Å². The minimum Gasteiger partial charge on any atom is -0.493 e. The summed E-state index contributed by atoms with van der Waals surface area (Å²) in [7, 11) is 0. The highest BCUT2D eigenvalue weighted by Crippen LogP contribution is 2.19. The van der Waals surface area contributed by atoms with Gasteiger partial charge in [0.1, 0.15) is 18.3 Å². The molecule has 1 saturated heterocycles. The van der Waals surface area contributed by atoms with Gasteiger partial charge < -0.3 is 24.8 Å². The van der Waals surface area contributed by atoms with Gasteiger partial charge in [-0.3, -0.25) is 0 Å². The zero-order valence-electron chi connectivity index (χ0n) is 11.6. The van der Waals surface area contributed by atoms with Crippen molar-refractivity contribution in [2.75, 3.05) is 13.2 Å². The Kier molecular flexibility index (Phi) is 8.05. The molecule has 0 spiro atoms. The monoisotopic (exact) mass is 274 g/mol. The molecule has 0 aromatic carbocycles. The summed E-state index contributed by atoms with van der Waals surface area (Å²) < 4.78 is 10.6. The molecule has 1 fully saturated rings. The maximum atomic E-state index is 9.81. The number of aliphatic hydroxyl groups is 3. The van der Waals surface area contributed by atoms with Crippen LogP contribution in [0.5, 0.6) is 0 Å². The van der Waals surface area contributed by atoms with E-state index in [0.29, 0.717) is 0 Å². The molecule has 5 heteroatoms. The molecule has 0 aliphatic carbocycles. The molecule has 0 unspecified atom stereocenters. The van der Waals surface area contributed by atoms with Crippen molar-refractivity contribution in [3.8, 4) is 0 Å². The van der Waals surface area contributed by atoms with Crippen molar-refractivity contribution in [3.63, 3.8) is 0 Å². The Morgan fingerprint density at radius 2 is 2.05 bits per heavy atom. The van der Waals surface area contributed by atoms with E-state index in [1.165, 1.54) is 25.5 Å². The molecule has 19 heavy (non-hydrogen) atoms. The Bertz CT molecular complexity index is 254. The fourth-order valence-corrected chi connectivity index (χ4v) is 2.08. The van der Waals surface area contributed by atoms with Crippen LogP contribution in [0.2, 0.25) is 0 Å². The van der Waals surface area contributed by atoms with Gasteiger partial charge in [0.05, 0.1) is 19.5 Å². The Morgan fingerprint density at radius 1 is 1.26 bits per heavy atom. The van der Waals surface area contributed by atoms with Crippen molar-refractivity contribution in [3.05, 3.63) is 12.3 Å². The van der Waals surface area contributed by atoms with Crippen LogP contribution < -0.4 is 0 Å². The summed E-state index contributed by atoms with van der Waals surface area (Å²) in [5.74, 6) is 0. The first kappa shape index (κ1) is 16.4. The van der Waals surface area contributed by atoms with Crippen molar-refractivity contribution in [1.82, 2.24) is 0 Å². The lowest BCUT2D eigenvalue weighted by Crippen LogP contribution is -2.54. The summed E-state index contributed by atoms with van der Waals surface area (Å²) in [6.45, 7) is 1.95. The normalized spacial score (nSPS) is 31.8. The molecule has 1 heterocycles. The van der Waals surface area contributed by atoms with Crippen molar-refractivity contribution in [2.24, 2.45) is 0 Å². The summed E-state index contributed by atoms with van der Waals surface area (Å²) in [5, 5.41) is 28.5. The van der Waals surface area contributed by atoms with Crippen LogP contribution in [0, 0.1) is 0 Å². The molecule has 0 bridgehead atoms. The number of aliphatic hydroxyl groups excluding tert-OH is 3. The summed E-state index contributed by atoms with van der Waals surface area (Å²) in [6, 6.07) is 0. The molecule has 5 nitrogen and oxygen atoms in total. The van der Waals surface area contributed by atoms with Gasteiger partial charge in [0.25, 0.3) is 0 Å². The molecule has 0 amide bonds. The van der Waals surface area contributed by atoms with Gasteiger partial charge in [0, 0.05) is 0 Å². The predicted molar refractivity (Wildman–Crippen MR) is 71.6 cm³/mol. The molecule has 4 atom stereocenters. The number of unbranched alkanes of at least 4 members (excludes halogenated alkanes) is 4. The third-order valence-corrected chi connectivity index (χ3v) is 3.31. The number of hydrogen-bond acceptors (Lipinski definition) is 5. The average Bonchev–Trinajstić information content (AvgIpc) is 2.42. The van der Waals surface area contributed by atoms with Gasteiger partial charge in [0.2, 0.25) is 0 Å². The fraction of sp³-hybridized carbons (Fsp3) is 0.857. The fourth-order valence-electron chi connectivity index (χ4n) is 2.08. The van der Waals surface area contributed by atoms with Crippen LogP contribution >= 0.6 is 0 Å². The predicted octanol–water partition coefficient (Wildman–Crippen LogP) is 0.969. The zero-order valence-corrected chi connectivity index (χ0v) is 11.6. The Morgan fingerprint density at radius 3 is 2.74 bits per heavy atom. The van der Waals surface area contributed by atoms with Crippen molar-refractivity contribution in [1.29, 1.82) is 0 Å². The van der Waals surface area contributed by atoms with Crippen LogP contribution in [-0.4, -0.2) is 52.9 Å². The molecular formula is C14H26O5. The molecule has 0 aromatic rings. The van der Waals surface area contributed by atoms with E-state index in [0.717, 1.165) is 12.8 Å². The molecular weight excluding hydrogens is 248 g/mol. The first-order valence-corrected chi connectivity index (χ1v) is 7.09. The van der Waals surface area contributed by atoms with Crippen molar-refractivity contribution >= 4 is 0 Å². The quantitative estimate of drug-likeness (QED) is 0.454. The third-order valence-electron chi connectivity index (χ3n) is 3.31. The minimum atomic E-state index is -1.03. The topological polar surface area (TPSA) is 79.2 Å². The highest BCUT2D eigenvalue weighted by molar-refractivity contribution is 4.89. The summed E-state index contributed by atoms with van der Waals surface area (Å²) in [6.07, 6.45) is 5.81. The largest absolute Gasteiger partial charge is 0.493 e. The first-order valence-electron chi connectivity index (χ1n) is 7.09. The SMILES string of the molecule is CCCCCC/C=C/O[C@@H]1[C@@H](O)[C@H](O)CO[C@H]1CO. The van der Waals surface area contributed by atoms with Gasteiger partial charge in [-0.25, -0.2) is 0 Å². The van der Waals surface area contributed by atoms with Gasteiger partial charge in [-0.2, -0.15) is 0 Å². The lowest BCUT2D eigenvalue weighted by Gasteiger charge is -2.36. The van der Waals surface area contributed by atoms with Crippen LogP contribution in [0.25, 0.3) is 0 Å². The molecule has 0 aromatic heterocycles. The van der Waals surface area contributed by atoms with E-state index in [9.17, 15) is 10.2 Å². The van der Waals surface area contributed by atoms with Crippen LogP contribution in [0.15, 0.2) is 12.3 Å². The number of ether oxygens (including phenoxy) is 2. The molecule has 112 valence electrons. The van der Waals surface area contributed by atoms with Gasteiger partial charge in [-0.1, -0.05) is 26.2 Å². The molecule has 1 aliphatic heterocycles. The summed E-state index contributed by atoms with van der Waals surface area (Å²) in [4.78, 5) is 0. The van der Waals surface area contributed by atoms with Gasteiger partial charge in [-0.05, 0) is 18.9 Å². The highest BCUT2D eigenvalue weighted by Gasteiger charge is 2.39. The maximum absolute atomic E-state index is 9.81. The highest BCUT2D eigenvalue weighted by atomic mass is 16.6. The number of hydrogen-bond donors (Lipinski definition) is 3. The van der Waals surface area contributed by atoms with E-state index in [1.54, 1.807) is 0 Å². The zero-order chi connectivity index (χ0) is 14.1. The van der Waals surface area contributed by atoms with Crippen molar-refractivity contribution in [2.45, 2.75) is 63.4 Å². The van der Waals surface area contributed by atoms with Gasteiger partial charge in [-0.15, -0.1) is 0 Å². The molecule has 0 saturated carbocycles. The van der Waals surface area contributed by atoms with E-state index in [2.05, 4.69) is 6.92 Å². The number of rotatable bonds is 8. The Balaban J connectivity index is 2.29. The van der Waals surface area contributed by atoms with Crippen LogP contribution in [0.4, 0.5) is 0 Å². The second-order valence-corrected chi connectivity index (χ2v) is 4.93. The first-order chi connectivity index (χ1) is 9.20. The van der Waals surface area contributed by atoms with E-state index < -0.39 is 24.4 Å². The summed E-state index contributed by atoms with van der Waals surface area (Å²) >= 11 is 0.